The van der Waals surface area contributed by atoms with Crippen LogP contribution in [-0.2, 0) is 0 Å². The Bertz CT molecular complexity index is 61.5. The first-order valence-electron chi connectivity index (χ1n) is 3.18. The summed E-state index contributed by atoms with van der Waals surface area (Å²) < 4.78 is 0. The van der Waals surface area contributed by atoms with Gasteiger partial charge >= 0.3 is 57.3 Å². The van der Waals surface area contributed by atoms with Gasteiger partial charge in [-0.15, -0.1) is 0 Å². The van der Waals surface area contributed by atoms with E-state index in [1.54, 1.807) is 0 Å². The van der Waals surface area contributed by atoms with Gasteiger partial charge in [-0.1, -0.05) is 0 Å². The average molecular weight is 155 g/mol. The van der Waals surface area contributed by atoms with E-state index in [9.17, 15) is 0 Å². The van der Waals surface area contributed by atoms with Crippen molar-refractivity contribution in [2.75, 3.05) is 31.5 Å². The fourth-order valence-electron chi connectivity index (χ4n) is 0.433. The molecular weight excluding hydrogens is 138 g/mol. The van der Waals surface area contributed by atoms with Gasteiger partial charge in [0.2, 0.25) is 0 Å². The van der Waals surface area contributed by atoms with E-state index < -0.39 is 7.26 Å². The summed E-state index contributed by atoms with van der Waals surface area (Å²) in [4.78, 5) is 0. The Kier molecular flexibility index (Phi) is 4.02. The SMILES string of the molecule is CC[PH](C)(C)CCCl. The zero-order valence-electron chi connectivity index (χ0n) is 6.00. The van der Waals surface area contributed by atoms with Crippen molar-refractivity contribution in [1.29, 1.82) is 0 Å². The molecule has 8 heavy (non-hydrogen) atoms. The van der Waals surface area contributed by atoms with E-state index in [-0.39, 0.29) is 0 Å². The van der Waals surface area contributed by atoms with Crippen molar-refractivity contribution < 1.29 is 0 Å². The third kappa shape index (κ3) is 3.69. The molecule has 0 aliphatic rings. The standard InChI is InChI=1S/C6H16ClP/c1-4-8(2,3)6-5-7/h8H,4-6H2,1-3H3. The van der Waals surface area contributed by atoms with Crippen LogP contribution in [0.1, 0.15) is 6.92 Å². The molecule has 0 aromatic rings. The number of alkyl halides is 1. The summed E-state index contributed by atoms with van der Waals surface area (Å²) in [6.45, 7) is 7.03. The number of rotatable bonds is 3. The minimum absolute atomic E-state index is 0.809. The molecule has 0 bridgehead atoms. The number of halogens is 1. The first kappa shape index (κ1) is 8.72. The molecule has 0 unspecified atom stereocenters. The first-order valence-corrected chi connectivity index (χ1v) is 7.13. The molecule has 0 aliphatic heterocycles. The van der Waals surface area contributed by atoms with Crippen LogP contribution in [0.2, 0.25) is 0 Å². The molecule has 0 heterocycles. The topological polar surface area (TPSA) is 0 Å². The van der Waals surface area contributed by atoms with Crippen LogP contribution >= 0.6 is 18.9 Å². The third-order valence-corrected chi connectivity index (χ3v) is 5.75. The Labute approximate surface area is 58.0 Å². The molecular formula is C6H16ClP. The van der Waals surface area contributed by atoms with E-state index >= 15 is 0 Å². The summed E-state index contributed by atoms with van der Waals surface area (Å²) in [7, 11) is -0.809. The van der Waals surface area contributed by atoms with Crippen LogP contribution in [0.3, 0.4) is 0 Å². The summed E-state index contributed by atoms with van der Waals surface area (Å²) in [5.41, 5.74) is 0. The van der Waals surface area contributed by atoms with E-state index in [1.165, 1.54) is 12.3 Å². The van der Waals surface area contributed by atoms with Gasteiger partial charge in [0.15, 0.2) is 0 Å². The molecule has 0 amide bonds. The fourth-order valence-corrected chi connectivity index (χ4v) is 2.83. The van der Waals surface area contributed by atoms with E-state index in [0.717, 1.165) is 5.88 Å². The third-order valence-electron chi connectivity index (χ3n) is 1.73. The summed E-state index contributed by atoms with van der Waals surface area (Å²) in [5.74, 6) is 0.854. The van der Waals surface area contributed by atoms with Crippen molar-refractivity contribution in [3.05, 3.63) is 0 Å². The Morgan fingerprint density at radius 2 is 1.88 bits per heavy atom. The molecule has 0 aromatic heterocycles. The van der Waals surface area contributed by atoms with Crippen LogP contribution in [0.25, 0.3) is 0 Å². The van der Waals surface area contributed by atoms with E-state index in [1.807, 2.05) is 0 Å². The maximum atomic E-state index is 5.60. The van der Waals surface area contributed by atoms with Gasteiger partial charge in [-0.2, -0.15) is 0 Å². The molecule has 0 fully saturated rings. The average Bonchev–Trinajstić information content (AvgIpc) is 1.67. The second-order valence-electron chi connectivity index (χ2n) is 2.96. The minimum atomic E-state index is -0.809. The Morgan fingerprint density at radius 3 is 2.00 bits per heavy atom. The summed E-state index contributed by atoms with van der Waals surface area (Å²) in [5, 5.41) is 0. The molecule has 0 rings (SSSR count). The second-order valence-corrected chi connectivity index (χ2v) is 8.87. The van der Waals surface area contributed by atoms with Crippen molar-refractivity contribution in [3.8, 4) is 0 Å². The molecule has 2 heteroatoms. The quantitative estimate of drug-likeness (QED) is 0.432. The van der Waals surface area contributed by atoms with Gasteiger partial charge in [-0.25, -0.2) is 0 Å². The Morgan fingerprint density at radius 1 is 1.38 bits per heavy atom. The zero-order chi connectivity index (χ0) is 6.62. The van der Waals surface area contributed by atoms with Crippen molar-refractivity contribution >= 4 is 18.9 Å². The molecule has 0 aromatic carbocycles. The van der Waals surface area contributed by atoms with Crippen molar-refractivity contribution in [2.45, 2.75) is 6.92 Å². The molecule has 0 saturated carbocycles. The molecule has 0 N–H and O–H groups in total. The maximum absolute atomic E-state index is 5.60. The van der Waals surface area contributed by atoms with Crippen LogP contribution in [-0.4, -0.2) is 31.5 Å². The molecule has 0 spiro atoms. The van der Waals surface area contributed by atoms with Gasteiger partial charge in [0.05, 0.1) is 0 Å². The Balaban J connectivity index is 3.37. The van der Waals surface area contributed by atoms with Gasteiger partial charge in [-0.05, 0) is 0 Å². The van der Waals surface area contributed by atoms with Crippen molar-refractivity contribution in [2.24, 2.45) is 0 Å². The van der Waals surface area contributed by atoms with Crippen molar-refractivity contribution in [1.82, 2.24) is 0 Å². The molecule has 0 nitrogen and oxygen atoms in total. The number of hydrogen-bond acceptors (Lipinski definition) is 0. The van der Waals surface area contributed by atoms with Gasteiger partial charge in [-0.3, -0.25) is 0 Å². The van der Waals surface area contributed by atoms with E-state index in [2.05, 4.69) is 20.3 Å². The zero-order valence-corrected chi connectivity index (χ0v) is 7.76. The molecule has 52 valence electrons. The molecule has 0 radical (unpaired) electrons. The van der Waals surface area contributed by atoms with Gasteiger partial charge in [0, 0.05) is 0 Å². The van der Waals surface area contributed by atoms with Crippen LogP contribution in [0.15, 0.2) is 0 Å². The van der Waals surface area contributed by atoms with E-state index in [0.29, 0.717) is 0 Å². The van der Waals surface area contributed by atoms with E-state index in [4.69, 9.17) is 11.6 Å². The predicted octanol–water partition coefficient (Wildman–Crippen LogP) is 2.25. The summed E-state index contributed by atoms with van der Waals surface area (Å²) in [6, 6.07) is 0. The monoisotopic (exact) mass is 154 g/mol. The van der Waals surface area contributed by atoms with Crippen LogP contribution in [0, 0.1) is 0 Å². The normalized spacial score (nSPS) is 14.0. The Hall–Kier alpha value is 0.720. The number of hydrogen-bond donors (Lipinski definition) is 0. The van der Waals surface area contributed by atoms with Gasteiger partial charge < -0.3 is 0 Å². The molecule has 0 saturated heterocycles. The second kappa shape index (κ2) is 3.69. The predicted molar refractivity (Wildman–Crippen MR) is 46.3 cm³/mol. The van der Waals surface area contributed by atoms with Gasteiger partial charge in [0.25, 0.3) is 0 Å². The van der Waals surface area contributed by atoms with Crippen LogP contribution in [0.4, 0.5) is 0 Å². The molecule has 0 aliphatic carbocycles. The van der Waals surface area contributed by atoms with Crippen LogP contribution < -0.4 is 0 Å². The van der Waals surface area contributed by atoms with Crippen molar-refractivity contribution in [3.63, 3.8) is 0 Å². The van der Waals surface area contributed by atoms with Crippen LogP contribution in [0.5, 0.6) is 0 Å². The molecule has 0 atom stereocenters. The fraction of sp³-hybridized carbons (Fsp3) is 1.00. The summed E-state index contributed by atoms with van der Waals surface area (Å²) >= 11 is 5.60. The van der Waals surface area contributed by atoms with Gasteiger partial charge in [0.1, 0.15) is 0 Å². The first-order chi connectivity index (χ1) is 3.62. The summed E-state index contributed by atoms with van der Waals surface area (Å²) in [6.07, 6.45) is 2.63.